The average molecular weight is 512 g/mol. The second-order valence-electron chi connectivity index (χ2n) is 10.8. The van der Waals surface area contributed by atoms with Crippen molar-refractivity contribution in [1.82, 2.24) is 20.3 Å². The number of hydrogen-bond donors (Lipinski definition) is 1. The number of ether oxygens (including phenoxy) is 3. The first-order valence-electron chi connectivity index (χ1n) is 13.2. The SMILES string of the molecule is CC(C)(C)OC(=O)NCCCCOC1CN(c2cc(-c3cnoc3)cc3c2cnn3C2CCCCO2)C1. The highest BCUT2D eigenvalue weighted by atomic mass is 16.6. The number of benzene rings is 1. The molecule has 0 saturated carbocycles. The number of aromatic nitrogens is 3. The number of hydrogen-bond acceptors (Lipinski definition) is 8. The summed E-state index contributed by atoms with van der Waals surface area (Å²) in [6, 6.07) is 4.33. The maximum Gasteiger partial charge on any atom is 0.407 e. The number of carbonyl (C=O) groups is 1. The normalized spacial score (nSPS) is 18.7. The van der Waals surface area contributed by atoms with Gasteiger partial charge in [0.05, 0.1) is 24.0 Å². The molecule has 1 unspecified atom stereocenters. The number of amides is 1. The summed E-state index contributed by atoms with van der Waals surface area (Å²) in [7, 11) is 0. The highest BCUT2D eigenvalue weighted by Gasteiger charge is 2.30. The Labute approximate surface area is 217 Å². The predicted octanol–water partition coefficient (Wildman–Crippen LogP) is 4.90. The van der Waals surface area contributed by atoms with Gasteiger partial charge in [-0.3, -0.25) is 0 Å². The van der Waals surface area contributed by atoms with Gasteiger partial charge in [-0.2, -0.15) is 5.10 Å². The molecule has 1 aromatic carbocycles. The molecule has 200 valence electrons. The highest BCUT2D eigenvalue weighted by molar-refractivity contribution is 5.96. The van der Waals surface area contributed by atoms with Crippen molar-refractivity contribution in [3.05, 3.63) is 30.8 Å². The van der Waals surface area contributed by atoms with Gasteiger partial charge in [-0.15, -0.1) is 0 Å². The zero-order chi connectivity index (χ0) is 25.8. The van der Waals surface area contributed by atoms with Crippen LogP contribution >= 0.6 is 0 Å². The standard InChI is InChI=1S/C27H37N5O5/c1-27(2,3)37-26(33)28-9-5-7-10-34-21-16-31(17-21)23-12-19(20-14-30-36-18-20)13-24-22(23)15-29-32(24)25-8-4-6-11-35-25/h12-15,18,21,25H,4-11,16-17H2,1-3H3,(H,28,33). The van der Waals surface area contributed by atoms with Gasteiger partial charge in [-0.05, 0) is 70.6 Å². The van der Waals surface area contributed by atoms with E-state index in [1.807, 2.05) is 31.6 Å². The maximum absolute atomic E-state index is 11.7. The summed E-state index contributed by atoms with van der Waals surface area (Å²) in [6.45, 7) is 9.24. The lowest BCUT2D eigenvalue weighted by molar-refractivity contribution is -0.0366. The van der Waals surface area contributed by atoms with E-state index in [0.717, 1.165) is 79.5 Å². The monoisotopic (exact) mass is 511 g/mol. The molecule has 1 atom stereocenters. The van der Waals surface area contributed by atoms with E-state index in [2.05, 4.69) is 27.5 Å². The number of carbonyl (C=O) groups excluding carboxylic acids is 1. The van der Waals surface area contributed by atoms with E-state index in [0.29, 0.717) is 13.2 Å². The molecular formula is C27H37N5O5. The minimum Gasteiger partial charge on any atom is -0.444 e. The topological polar surface area (TPSA) is 104 Å². The Morgan fingerprint density at radius 2 is 2.03 bits per heavy atom. The Morgan fingerprint density at radius 3 is 2.76 bits per heavy atom. The summed E-state index contributed by atoms with van der Waals surface area (Å²) in [4.78, 5) is 14.1. The van der Waals surface area contributed by atoms with Crippen LogP contribution in [0.1, 0.15) is 59.1 Å². The first kappa shape index (κ1) is 25.5. The average Bonchev–Trinajstić information content (AvgIpc) is 3.52. The minimum absolute atomic E-state index is 0.0332. The van der Waals surface area contributed by atoms with Crippen LogP contribution in [0.3, 0.4) is 0 Å². The fraction of sp³-hybridized carbons (Fsp3) is 0.593. The van der Waals surface area contributed by atoms with E-state index < -0.39 is 5.60 Å². The molecule has 0 bridgehead atoms. The third-order valence-corrected chi connectivity index (χ3v) is 6.67. The lowest BCUT2D eigenvalue weighted by atomic mass is 10.0. The van der Waals surface area contributed by atoms with E-state index in [1.165, 1.54) is 0 Å². The number of rotatable bonds is 9. The third-order valence-electron chi connectivity index (χ3n) is 6.67. The van der Waals surface area contributed by atoms with Crippen molar-refractivity contribution >= 4 is 22.7 Å². The van der Waals surface area contributed by atoms with Crippen LogP contribution in [0.15, 0.2) is 35.3 Å². The van der Waals surface area contributed by atoms with Crippen molar-refractivity contribution in [2.24, 2.45) is 0 Å². The smallest absolute Gasteiger partial charge is 0.407 e. The van der Waals surface area contributed by atoms with Gasteiger partial charge >= 0.3 is 6.09 Å². The van der Waals surface area contributed by atoms with Gasteiger partial charge in [-0.1, -0.05) is 5.16 Å². The summed E-state index contributed by atoms with van der Waals surface area (Å²) in [6.07, 6.45) is 10.1. The summed E-state index contributed by atoms with van der Waals surface area (Å²) >= 11 is 0. The Kier molecular flexibility index (Phi) is 7.66. The summed E-state index contributed by atoms with van der Waals surface area (Å²) in [5.41, 5.74) is 3.70. The largest absolute Gasteiger partial charge is 0.444 e. The van der Waals surface area contributed by atoms with Crippen LogP contribution in [0.4, 0.5) is 10.5 Å². The fourth-order valence-electron chi connectivity index (χ4n) is 4.77. The first-order chi connectivity index (χ1) is 17.9. The maximum atomic E-state index is 11.7. The van der Waals surface area contributed by atoms with Crippen molar-refractivity contribution < 1.29 is 23.5 Å². The van der Waals surface area contributed by atoms with Crippen LogP contribution < -0.4 is 10.2 Å². The number of fused-ring (bicyclic) bond motifs is 1. The molecule has 2 saturated heterocycles. The summed E-state index contributed by atoms with van der Waals surface area (Å²) < 4.78 is 24.5. The van der Waals surface area contributed by atoms with Gasteiger partial charge in [0.1, 0.15) is 11.9 Å². The second kappa shape index (κ2) is 11.1. The molecule has 2 fully saturated rings. The predicted molar refractivity (Wildman–Crippen MR) is 139 cm³/mol. The van der Waals surface area contributed by atoms with Crippen LogP contribution in [0, 0.1) is 0 Å². The van der Waals surface area contributed by atoms with Gasteiger partial charge in [0.2, 0.25) is 0 Å². The number of anilines is 1. The van der Waals surface area contributed by atoms with Crippen LogP contribution in [-0.2, 0) is 14.2 Å². The van der Waals surface area contributed by atoms with Crippen molar-refractivity contribution in [2.45, 2.75) is 70.8 Å². The van der Waals surface area contributed by atoms with Crippen LogP contribution in [0.2, 0.25) is 0 Å². The van der Waals surface area contributed by atoms with E-state index in [4.69, 9.17) is 23.8 Å². The lowest BCUT2D eigenvalue weighted by Gasteiger charge is -2.41. The zero-order valence-electron chi connectivity index (χ0n) is 21.9. The molecule has 0 spiro atoms. The molecule has 0 radical (unpaired) electrons. The van der Waals surface area contributed by atoms with Gasteiger partial charge in [-0.25, -0.2) is 9.48 Å². The van der Waals surface area contributed by atoms with Crippen molar-refractivity contribution in [3.63, 3.8) is 0 Å². The number of nitrogens with zero attached hydrogens (tertiary/aromatic N) is 4. The van der Waals surface area contributed by atoms with Crippen molar-refractivity contribution in [2.75, 3.05) is 37.7 Å². The Balaban J connectivity index is 1.17. The molecule has 1 N–H and O–H groups in total. The number of nitrogens with one attached hydrogen (secondary N) is 1. The molecule has 10 heteroatoms. The third kappa shape index (κ3) is 6.24. The Hall–Kier alpha value is -3.11. The molecule has 10 nitrogen and oxygen atoms in total. The molecule has 2 aliphatic rings. The summed E-state index contributed by atoms with van der Waals surface area (Å²) in [5.74, 6) is 0. The first-order valence-corrected chi connectivity index (χ1v) is 13.2. The van der Waals surface area contributed by atoms with E-state index in [-0.39, 0.29) is 18.4 Å². The summed E-state index contributed by atoms with van der Waals surface area (Å²) in [5, 5.41) is 12.5. The number of alkyl carbamates (subject to hydrolysis) is 1. The zero-order valence-corrected chi connectivity index (χ0v) is 21.9. The lowest BCUT2D eigenvalue weighted by Crippen LogP contribution is -2.52. The van der Waals surface area contributed by atoms with Crippen LogP contribution in [-0.4, -0.2) is 65.6 Å². The molecule has 4 heterocycles. The number of unbranched alkanes of at least 4 members (excludes halogenated alkanes) is 1. The van der Waals surface area contributed by atoms with Crippen LogP contribution in [0.5, 0.6) is 0 Å². The van der Waals surface area contributed by atoms with Gasteiger partial charge in [0.15, 0.2) is 6.23 Å². The van der Waals surface area contributed by atoms with Gasteiger partial charge in [0.25, 0.3) is 0 Å². The van der Waals surface area contributed by atoms with E-state index in [9.17, 15) is 4.79 Å². The molecule has 0 aliphatic carbocycles. The molecule has 2 aliphatic heterocycles. The minimum atomic E-state index is -0.480. The van der Waals surface area contributed by atoms with Crippen molar-refractivity contribution in [1.29, 1.82) is 0 Å². The molecule has 37 heavy (non-hydrogen) atoms. The Morgan fingerprint density at radius 1 is 1.16 bits per heavy atom. The van der Waals surface area contributed by atoms with Crippen molar-refractivity contribution in [3.8, 4) is 11.1 Å². The van der Waals surface area contributed by atoms with E-state index >= 15 is 0 Å². The second-order valence-corrected chi connectivity index (χ2v) is 10.8. The van der Waals surface area contributed by atoms with Gasteiger partial charge in [0, 0.05) is 49.5 Å². The molecule has 5 rings (SSSR count). The quantitative estimate of drug-likeness (QED) is 0.405. The van der Waals surface area contributed by atoms with E-state index in [1.54, 1.807) is 12.5 Å². The molecule has 2 aromatic heterocycles. The molecule has 3 aromatic rings. The highest BCUT2D eigenvalue weighted by Crippen LogP contribution is 2.37. The Bertz CT molecular complexity index is 1170. The molecule has 1 amide bonds. The van der Waals surface area contributed by atoms with Gasteiger partial charge < -0.3 is 29.0 Å². The fourth-order valence-corrected chi connectivity index (χ4v) is 4.77. The molecular weight excluding hydrogens is 474 g/mol. The van der Waals surface area contributed by atoms with Crippen LogP contribution in [0.25, 0.3) is 22.0 Å².